The highest BCUT2D eigenvalue weighted by Gasteiger charge is 2.34. The highest BCUT2D eigenvalue weighted by atomic mass is 16.3. The van der Waals surface area contributed by atoms with Gasteiger partial charge in [-0.25, -0.2) is 0 Å². The minimum absolute atomic E-state index is 0.107. The highest BCUT2D eigenvalue weighted by molar-refractivity contribution is 5.06. The van der Waals surface area contributed by atoms with E-state index in [-0.39, 0.29) is 11.5 Å². The van der Waals surface area contributed by atoms with Crippen LogP contribution in [-0.4, -0.2) is 16.2 Å². The van der Waals surface area contributed by atoms with Crippen molar-refractivity contribution in [3.8, 4) is 0 Å². The summed E-state index contributed by atoms with van der Waals surface area (Å²) >= 11 is 0. The lowest BCUT2D eigenvalue weighted by Gasteiger charge is -2.37. The summed E-state index contributed by atoms with van der Waals surface area (Å²) in [6.45, 7) is 2.22. The van der Waals surface area contributed by atoms with E-state index in [4.69, 9.17) is 0 Å². The van der Waals surface area contributed by atoms with E-state index in [1.165, 1.54) is 19.3 Å². The van der Waals surface area contributed by atoms with Gasteiger partial charge in [0.05, 0.1) is 6.10 Å². The van der Waals surface area contributed by atoms with Crippen LogP contribution >= 0.6 is 0 Å². The van der Waals surface area contributed by atoms with Gasteiger partial charge in [-0.05, 0) is 30.4 Å². The van der Waals surface area contributed by atoms with Gasteiger partial charge in [-0.15, -0.1) is 0 Å². The van der Waals surface area contributed by atoms with Gasteiger partial charge in [-0.1, -0.05) is 32.3 Å². The Morgan fingerprint density at radius 1 is 1.31 bits per heavy atom. The molecule has 1 aromatic rings. The second-order valence-electron chi connectivity index (χ2n) is 5.26. The largest absolute Gasteiger partial charge is 0.392 e. The Labute approximate surface area is 97.7 Å². The van der Waals surface area contributed by atoms with Crippen LogP contribution in [0.3, 0.4) is 0 Å². The summed E-state index contributed by atoms with van der Waals surface area (Å²) in [6.07, 6.45) is 8.39. The van der Waals surface area contributed by atoms with Gasteiger partial charge in [-0.3, -0.25) is 4.98 Å². The van der Waals surface area contributed by atoms with Crippen LogP contribution in [0, 0.1) is 5.41 Å². The molecule has 1 N–H and O–H groups in total. The third-order valence-corrected chi connectivity index (χ3v) is 3.93. The lowest BCUT2D eigenvalue weighted by molar-refractivity contribution is 0.00978. The Bertz CT molecular complexity index is 317. The average Bonchev–Trinajstić information content (AvgIpc) is 2.31. The molecule has 1 heterocycles. The van der Waals surface area contributed by atoms with E-state index in [9.17, 15) is 5.11 Å². The molecular formula is C14H21NO. The maximum Gasteiger partial charge on any atom is 0.0649 e. The Morgan fingerprint density at radius 3 is 2.69 bits per heavy atom. The van der Waals surface area contributed by atoms with E-state index in [2.05, 4.69) is 11.9 Å². The van der Waals surface area contributed by atoms with Gasteiger partial charge >= 0.3 is 0 Å². The quantitative estimate of drug-likeness (QED) is 0.848. The van der Waals surface area contributed by atoms with Crippen LogP contribution in [-0.2, 0) is 6.42 Å². The number of aliphatic hydroxyl groups excluding tert-OH is 1. The van der Waals surface area contributed by atoms with E-state index >= 15 is 0 Å². The summed E-state index contributed by atoms with van der Waals surface area (Å²) in [5.41, 5.74) is 1.11. The molecule has 1 atom stereocenters. The summed E-state index contributed by atoms with van der Waals surface area (Å²) in [4.78, 5) is 4.28. The Kier molecular flexibility index (Phi) is 3.59. The SMILES string of the molecule is CC1(C(O)Cc2ccccn2)CCCCC1. The van der Waals surface area contributed by atoms with Crippen LogP contribution in [0.2, 0.25) is 0 Å². The van der Waals surface area contributed by atoms with Crippen LogP contribution in [0.25, 0.3) is 0 Å². The molecule has 1 fully saturated rings. The fourth-order valence-electron chi connectivity index (χ4n) is 2.66. The number of nitrogens with zero attached hydrogens (tertiary/aromatic N) is 1. The zero-order chi connectivity index (χ0) is 11.4. The first-order chi connectivity index (χ1) is 7.71. The van der Waals surface area contributed by atoms with Gasteiger partial charge in [0.25, 0.3) is 0 Å². The molecule has 0 spiro atoms. The van der Waals surface area contributed by atoms with Crippen molar-refractivity contribution < 1.29 is 5.11 Å². The summed E-state index contributed by atoms with van der Waals surface area (Å²) < 4.78 is 0. The lowest BCUT2D eigenvalue weighted by Crippen LogP contribution is -2.36. The van der Waals surface area contributed by atoms with Crippen molar-refractivity contribution in [2.75, 3.05) is 0 Å². The van der Waals surface area contributed by atoms with Gasteiger partial charge < -0.3 is 5.11 Å². The van der Waals surface area contributed by atoms with E-state index in [0.717, 1.165) is 18.5 Å². The summed E-state index contributed by atoms with van der Waals surface area (Å²) in [5.74, 6) is 0. The first-order valence-electron chi connectivity index (χ1n) is 6.29. The van der Waals surface area contributed by atoms with Crippen molar-refractivity contribution in [1.29, 1.82) is 0 Å². The fraction of sp³-hybridized carbons (Fsp3) is 0.643. The molecule has 0 amide bonds. The van der Waals surface area contributed by atoms with E-state index < -0.39 is 0 Å². The van der Waals surface area contributed by atoms with Crippen LogP contribution in [0.1, 0.15) is 44.7 Å². The Hall–Kier alpha value is -0.890. The maximum absolute atomic E-state index is 10.3. The topological polar surface area (TPSA) is 33.1 Å². The molecule has 1 unspecified atom stereocenters. The molecule has 1 aliphatic carbocycles. The number of hydrogen-bond acceptors (Lipinski definition) is 2. The van der Waals surface area contributed by atoms with Crippen LogP contribution < -0.4 is 0 Å². The molecule has 1 aliphatic rings. The summed E-state index contributed by atoms with van der Waals surface area (Å²) in [7, 11) is 0. The molecule has 2 heteroatoms. The minimum Gasteiger partial charge on any atom is -0.392 e. The predicted molar refractivity (Wildman–Crippen MR) is 65.1 cm³/mol. The van der Waals surface area contributed by atoms with Crippen LogP contribution in [0.5, 0.6) is 0 Å². The first-order valence-corrected chi connectivity index (χ1v) is 6.29. The number of pyridine rings is 1. The summed E-state index contributed by atoms with van der Waals surface area (Å²) in [5, 5.41) is 10.3. The van der Waals surface area contributed by atoms with Gasteiger partial charge in [0.15, 0.2) is 0 Å². The van der Waals surface area contributed by atoms with Crippen molar-refractivity contribution in [2.24, 2.45) is 5.41 Å². The van der Waals surface area contributed by atoms with Gasteiger partial charge in [-0.2, -0.15) is 0 Å². The monoisotopic (exact) mass is 219 g/mol. The standard InChI is InChI=1S/C14H21NO/c1-14(8-4-2-5-9-14)13(16)11-12-7-3-6-10-15-12/h3,6-7,10,13,16H,2,4-5,8-9,11H2,1H3. The molecule has 2 nitrogen and oxygen atoms in total. The third kappa shape index (κ3) is 2.62. The third-order valence-electron chi connectivity index (χ3n) is 3.93. The predicted octanol–water partition coefficient (Wildman–Crippen LogP) is 2.96. The van der Waals surface area contributed by atoms with Gasteiger partial charge in [0.2, 0.25) is 0 Å². The number of aromatic nitrogens is 1. The zero-order valence-electron chi connectivity index (χ0n) is 10.0. The molecule has 1 aromatic heterocycles. The average molecular weight is 219 g/mol. The molecule has 0 aliphatic heterocycles. The lowest BCUT2D eigenvalue weighted by atomic mass is 9.71. The normalized spacial score (nSPS) is 21.6. The van der Waals surface area contributed by atoms with Crippen molar-refractivity contribution in [2.45, 2.75) is 51.6 Å². The fourth-order valence-corrected chi connectivity index (χ4v) is 2.66. The molecule has 0 radical (unpaired) electrons. The van der Waals surface area contributed by atoms with E-state index in [1.54, 1.807) is 6.20 Å². The van der Waals surface area contributed by atoms with E-state index in [0.29, 0.717) is 6.42 Å². The number of rotatable bonds is 3. The molecule has 0 bridgehead atoms. The molecule has 16 heavy (non-hydrogen) atoms. The number of hydrogen-bond donors (Lipinski definition) is 1. The molecule has 0 saturated heterocycles. The molecule has 0 aromatic carbocycles. The second-order valence-corrected chi connectivity index (χ2v) is 5.26. The first kappa shape index (κ1) is 11.6. The minimum atomic E-state index is -0.248. The van der Waals surface area contributed by atoms with Crippen LogP contribution in [0.4, 0.5) is 0 Å². The van der Waals surface area contributed by atoms with Crippen LogP contribution in [0.15, 0.2) is 24.4 Å². The second kappa shape index (κ2) is 4.96. The van der Waals surface area contributed by atoms with Crippen molar-refractivity contribution in [1.82, 2.24) is 4.98 Å². The smallest absolute Gasteiger partial charge is 0.0649 e. The maximum atomic E-state index is 10.3. The Balaban J connectivity index is 1.99. The molecule has 88 valence electrons. The molecule has 2 rings (SSSR count). The van der Waals surface area contributed by atoms with Gasteiger partial charge in [0.1, 0.15) is 0 Å². The molecule has 1 saturated carbocycles. The Morgan fingerprint density at radius 2 is 2.06 bits per heavy atom. The van der Waals surface area contributed by atoms with Gasteiger partial charge in [0, 0.05) is 18.3 Å². The van der Waals surface area contributed by atoms with Crippen molar-refractivity contribution >= 4 is 0 Å². The zero-order valence-corrected chi connectivity index (χ0v) is 10.0. The molecular weight excluding hydrogens is 198 g/mol. The highest BCUT2D eigenvalue weighted by Crippen LogP contribution is 2.39. The summed E-state index contributed by atoms with van der Waals surface area (Å²) in [6, 6.07) is 5.89. The van der Waals surface area contributed by atoms with Crippen molar-refractivity contribution in [3.63, 3.8) is 0 Å². The van der Waals surface area contributed by atoms with E-state index in [1.807, 2.05) is 18.2 Å². The van der Waals surface area contributed by atoms with Crippen molar-refractivity contribution in [3.05, 3.63) is 30.1 Å². The number of aliphatic hydroxyl groups is 1.